The van der Waals surface area contributed by atoms with Crippen molar-refractivity contribution in [3.8, 4) is 39.7 Å². The zero-order chi connectivity index (χ0) is 25.4. The van der Waals surface area contributed by atoms with Crippen LogP contribution in [0.2, 0.25) is 0 Å². The summed E-state index contributed by atoms with van der Waals surface area (Å²) in [6.07, 6.45) is 3.38. The minimum Gasteiger partial charge on any atom is -0.465 e. The van der Waals surface area contributed by atoms with Crippen molar-refractivity contribution in [3.63, 3.8) is 0 Å². The third-order valence-corrected chi connectivity index (χ3v) is 7.15. The van der Waals surface area contributed by atoms with Gasteiger partial charge in [-0.3, -0.25) is 0 Å². The first-order chi connectivity index (χ1) is 18.1. The highest BCUT2D eigenvalue weighted by Gasteiger charge is 2.40. The molecule has 6 rings (SSSR count). The van der Waals surface area contributed by atoms with Gasteiger partial charge < -0.3 is 10.4 Å². The molecule has 180 valence electrons. The molecule has 1 aliphatic rings. The molecule has 1 amide bonds. The molecule has 2 heterocycles. The van der Waals surface area contributed by atoms with Crippen LogP contribution >= 0.6 is 0 Å². The molecular weight excluding hydrogens is 462 g/mol. The Kier molecular flexibility index (Phi) is 5.42. The van der Waals surface area contributed by atoms with Crippen LogP contribution in [-0.2, 0) is 5.54 Å². The summed E-state index contributed by atoms with van der Waals surface area (Å²) < 4.78 is 1.83. The van der Waals surface area contributed by atoms with E-state index < -0.39 is 11.6 Å². The summed E-state index contributed by atoms with van der Waals surface area (Å²) in [4.78, 5) is 16.0. The summed E-state index contributed by atoms with van der Waals surface area (Å²) in [5, 5.41) is 26.3. The molecule has 3 aromatic carbocycles. The van der Waals surface area contributed by atoms with Crippen LogP contribution in [0.15, 0.2) is 91.1 Å². The molecule has 5 aromatic rings. The van der Waals surface area contributed by atoms with E-state index >= 15 is 0 Å². The van der Waals surface area contributed by atoms with Crippen LogP contribution in [0.1, 0.15) is 30.4 Å². The van der Waals surface area contributed by atoms with Gasteiger partial charge in [0.15, 0.2) is 5.65 Å². The maximum atomic E-state index is 11.4. The molecule has 2 aromatic heterocycles. The van der Waals surface area contributed by atoms with E-state index in [0.717, 1.165) is 64.1 Å². The summed E-state index contributed by atoms with van der Waals surface area (Å²) in [7, 11) is 0. The number of nitrogens with one attached hydrogen (secondary N) is 1. The van der Waals surface area contributed by atoms with Gasteiger partial charge in [0.25, 0.3) is 0 Å². The lowest BCUT2D eigenvalue weighted by atomic mass is 9.71. The largest absolute Gasteiger partial charge is 0.465 e. The van der Waals surface area contributed by atoms with Gasteiger partial charge in [0.05, 0.1) is 34.8 Å². The number of nitrogens with zero attached hydrogens (tertiary/aromatic N) is 4. The number of nitriles is 1. The second-order valence-corrected chi connectivity index (χ2v) is 9.32. The van der Waals surface area contributed by atoms with Crippen molar-refractivity contribution < 1.29 is 9.90 Å². The lowest BCUT2D eigenvalue weighted by Gasteiger charge is -2.42. The van der Waals surface area contributed by atoms with Crippen LogP contribution in [-0.4, -0.2) is 25.8 Å². The van der Waals surface area contributed by atoms with Crippen LogP contribution in [0.3, 0.4) is 0 Å². The third-order valence-electron chi connectivity index (χ3n) is 7.15. The minimum absolute atomic E-state index is 0.517. The lowest BCUT2D eigenvalue weighted by molar-refractivity contribution is 0.144. The maximum absolute atomic E-state index is 11.4. The van der Waals surface area contributed by atoms with Gasteiger partial charge in [0, 0.05) is 16.7 Å². The van der Waals surface area contributed by atoms with Gasteiger partial charge in [-0.25, -0.2) is 14.3 Å². The Bertz CT molecular complexity index is 1650. The SMILES string of the molecule is N#Cc1ccc(-c2cnc3cc(-c4ccccc4)c(-c4ccc(C5(NC(=O)O)CCC5)cc4)nn23)cc1. The normalized spacial score (nSPS) is 14.0. The average Bonchev–Trinajstić information content (AvgIpc) is 3.33. The van der Waals surface area contributed by atoms with Crippen molar-refractivity contribution in [3.05, 3.63) is 102 Å². The van der Waals surface area contributed by atoms with Crippen molar-refractivity contribution in [1.82, 2.24) is 19.9 Å². The summed E-state index contributed by atoms with van der Waals surface area (Å²) in [5.41, 5.74) is 7.22. The van der Waals surface area contributed by atoms with E-state index in [2.05, 4.69) is 28.5 Å². The Morgan fingerprint density at radius 2 is 1.65 bits per heavy atom. The molecule has 0 aliphatic heterocycles. The Morgan fingerprint density at radius 1 is 0.946 bits per heavy atom. The lowest BCUT2D eigenvalue weighted by Crippen LogP contribution is -2.50. The molecule has 0 atom stereocenters. The molecule has 1 fully saturated rings. The van der Waals surface area contributed by atoms with E-state index in [0.29, 0.717) is 5.56 Å². The van der Waals surface area contributed by atoms with Gasteiger partial charge in [-0.1, -0.05) is 66.7 Å². The topological polar surface area (TPSA) is 103 Å². The van der Waals surface area contributed by atoms with E-state index in [9.17, 15) is 9.90 Å². The van der Waals surface area contributed by atoms with Crippen LogP contribution in [0.4, 0.5) is 4.79 Å². The fraction of sp³-hybridized carbons (Fsp3) is 0.133. The predicted molar refractivity (Wildman–Crippen MR) is 141 cm³/mol. The Morgan fingerprint density at radius 3 is 2.27 bits per heavy atom. The van der Waals surface area contributed by atoms with Gasteiger partial charge in [0.2, 0.25) is 0 Å². The summed E-state index contributed by atoms with van der Waals surface area (Å²) in [5.74, 6) is 0. The Labute approximate surface area is 213 Å². The number of hydrogen-bond acceptors (Lipinski definition) is 4. The van der Waals surface area contributed by atoms with Crippen LogP contribution < -0.4 is 5.32 Å². The number of carbonyl (C=O) groups is 1. The fourth-order valence-corrected chi connectivity index (χ4v) is 5.05. The number of hydrogen-bond donors (Lipinski definition) is 2. The van der Waals surface area contributed by atoms with Crippen LogP contribution in [0.25, 0.3) is 39.3 Å². The van der Waals surface area contributed by atoms with Crippen molar-refractivity contribution in [2.75, 3.05) is 0 Å². The summed E-state index contributed by atoms with van der Waals surface area (Å²) in [6, 6.07) is 29.7. The molecule has 7 nitrogen and oxygen atoms in total. The first-order valence-corrected chi connectivity index (χ1v) is 12.1. The molecule has 0 unspecified atom stereocenters. The number of amides is 1. The molecule has 7 heteroatoms. The van der Waals surface area contributed by atoms with Gasteiger partial charge in [-0.05, 0) is 48.6 Å². The van der Waals surface area contributed by atoms with E-state index in [1.165, 1.54) is 0 Å². The zero-order valence-electron chi connectivity index (χ0n) is 19.9. The molecule has 0 saturated heterocycles. The molecule has 37 heavy (non-hydrogen) atoms. The summed E-state index contributed by atoms with van der Waals surface area (Å²) >= 11 is 0. The molecule has 2 N–H and O–H groups in total. The molecule has 1 saturated carbocycles. The quantitative estimate of drug-likeness (QED) is 0.306. The van der Waals surface area contributed by atoms with E-state index in [-0.39, 0.29) is 0 Å². The molecular formula is C30H23N5O2. The van der Waals surface area contributed by atoms with Gasteiger partial charge in [0.1, 0.15) is 0 Å². The number of carboxylic acid groups (broad SMARTS) is 1. The molecule has 0 spiro atoms. The van der Waals surface area contributed by atoms with Gasteiger partial charge >= 0.3 is 6.09 Å². The monoisotopic (exact) mass is 485 g/mol. The third kappa shape index (κ3) is 3.99. The fourth-order valence-electron chi connectivity index (χ4n) is 5.05. The van der Waals surface area contributed by atoms with Crippen LogP contribution in [0.5, 0.6) is 0 Å². The standard InChI is InChI=1S/C30H23N5O2/c31-18-20-7-9-22(10-8-20)26-19-32-27-17-25(21-5-2-1-3-6-21)28(34-35(26)27)23-11-13-24(14-12-23)30(15-4-16-30)33-29(36)37/h1-3,5-14,17,19,33H,4,15-16H2,(H,36,37). The summed E-state index contributed by atoms with van der Waals surface area (Å²) in [6.45, 7) is 0. The van der Waals surface area contributed by atoms with Gasteiger partial charge in [-0.2, -0.15) is 10.4 Å². The first kappa shape index (κ1) is 22.5. The Balaban J connectivity index is 1.48. The number of aromatic nitrogens is 3. The average molecular weight is 486 g/mol. The number of imidazole rings is 1. The second kappa shape index (κ2) is 8.92. The first-order valence-electron chi connectivity index (χ1n) is 12.1. The van der Waals surface area contributed by atoms with Crippen molar-refractivity contribution >= 4 is 11.7 Å². The van der Waals surface area contributed by atoms with E-state index in [1.54, 1.807) is 18.3 Å². The molecule has 1 aliphatic carbocycles. The van der Waals surface area contributed by atoms with E-state index in [1.807, 2.05) is 65.2 Å². The maximum Gasteiger partial charge on any atom is 0.405 e. The highest BCUT2D eigenvalue weighted by atomic mass is 16.4. The van der Waals surface area contributed by atoms with Crippen molar-refractivity contribution in [2.45, 2.75) is 24.8 Å². The number of benzene rings is 3. The minimum atomic E-state index is -1.00. The molecule has 0 bridgehead atoms. The van der Waals surface area contributed by atoms with Crippen molar-refractivity contribution in [1.29, 1.82) is 5.26 Å². The zero-order valence-corrected chi connectivity index (χ0v) is 19.9. The Hall–Kier alpha value is -4.96. The smallest absolute Gasteiger partial charge is 0.405 e. The highest BCUT2D eigenvalue weighted by molar-refractivity contribution is 5.83. The molecule has 0 radical (unpaired) electrons. The number of fused-ring (bicyclic) bond motifs is 1. The van der Waals surface area contributed by atoms with Crippen molar-refractivity contribution in [2.24, 2.45) is 0 Å². The highest BCUT2D eigenvalue weighted by Crippen LogP contribution is 2.42. The van der Waals surface area contributed by atoms with Crippen LogP contribution in [0, 0.1) is 11.3 Å². The predicted octanol–water partition coefficient (Wildman–Crippen LogP) is 6.25. The second-order valence-electron chi connectivity index (χ2n) is 9.32. The van der Waals surface area contributed by atoms with E-state index in [4.69, 9.17) is 10.4 Å². The number of rotatable bonds is 5. The van der Waals surface area contributed by atoms with Gasteiger partial charge in [-0.15, -0.1) is 0 Å².